The fourth-order valence-corrected chi connectivity index (χ4v) is 4.09. The Morgan fingerprint density at radius 2 is 1.38 bits per heavy atom. The molecule has 1 heterocycles. The van der Waals surface area contributed by atoms with Gasteiger partial charge in [0.1, 0.15) is 18.4 Å². The number of carbonyl (C=O) groups is 1. The quantitative estimate of drug-likeness (QED) is 0.123. The fraction of sp³-hybridized carbons (Fsp3) is 0.840. The smallest absolute Gasteiger partial charge is 0.307 e. The number of aromatic nitrogens is 2. The summed E-state index contributed by atoms with van der Waals surface area (Å²) in [5, 5.41) is 17.7. The summed E-state index contributed by atoms with van der Waals surface area (Å²) in [6, 6.07) is -0.496. The third kappa shape index (κ3) is 12.8. The number of nitro groups is 1. The van der Waals surface area contributed by atoms with Crippen LogP contribution < -0.4 is 5.32 Å². The van der Waals surface area contributed by atoms with Crippen molar-refractivity contribution < 1.29 is 9.72 Å². The molecule has 1 rings (SSSR count). The monoisotopic (exact) mass is 450 g/mol. The Morgan fingerprint density at radius 3 is 1.78 bits per heavy atom. The van der Waals surface area contributed by atoms with Crippen molar-refractivity contribution in [2.75, 3.05) is 6.54 Å². The van der Waals surface area contributed by atoms with Gasteiger partial charge in [-0.05, 0) is 12.8 Å². The van der Waals surface area contributed by atoms with Gasteiger partial charge in [0.2, 0.25) is 5.91 Å². The van der Waals surface area contributed by atoms with Crippen LogP contribution in [0.5, 0.6) is 0 Å². The summed E-state index contributed by atoms with van der Waals surface area (Å²) in [5.41, 5.74) is -0.0888. The number of hydrogen-bond acceptors (Lipinski definition) is 4. The molecule has 1 unspecified atom stereocenters. The topological polar surface area (TPSA) is 90.1 Å². The number of carbonyl (C=O) groups excluding carboxylic acids is 1. The Balaban J connectivity index is 1.93. The molecule has 0 saturated heterocycles. The van der Waals surface area contributed by atoms with Gasteiger partial charge >= 0.3 is 5.69 Å². The molecule has 32 heavy (non-hydrogen) atoms. The lowest BCUT2D eigenvalue weighted by Crippen LogP contribution is -2.33. The lowest BCUT2D eigenvalue weighted by Gasteiger charge is -2.15. The second kappa shape index (κ2) is 18.6. The first-order valence-electron chi connectivity index (χ1n) is 13.1. The van der Waals surface area contributed by atoms with Gasteiger partial charge in [0.25, 0.3) is 0 Å². The van der Waals surface area contributed by atoms with E-state index in [2.05, 4.69) is 17.3 Å². The fourth-order valence-electron chi connectivity index (χ4n) is 4.09. The Kier molecular flexibility index (Phi) is 16.4. The lowest BCUT2D eigenvalue weighted by molar-refractivity contribution is -0.385. The molecule has 1 aromatic heterocycles. The number of rotatable bonds is 21. The van der Waals surface area contributed by atoms with Crippen molar-refractivity contribution in [3.8, 4) is 0 Å². The van der Waals surface area contributed by atoms with Crippen LogP contribution in [0.15, 0.2) is 12.4 Å². The number of amides is 1. The standard InChI is InChI=1S/C25H46N4O3/c1-3-5-6-7-8-9-10-11-12-13-14-15-16-17-18-19-20-26-25(30)24(4-2)28-22-23(21-27-28)29(31)32/h21-22,24H,3-20H2,1-2H3,(H,26,30). The number of nitrogens with one attached hydrogen (secondary N) is 1. The van der Waals surface area contributed by atoms with Crippen LogP contribution in [0.4, 0.5) is 5.69 Å². The molecule has 1 aromatic rings. The van der Waals surface area contributed by atoms with E-state index in [9.17, 15) is 14.9 Å². The Hall–Kier alpha value is -1.92. The van der Waals surface area contributed by atoms with E-state index in [1.165, 1.54) is 107 Å². The van der Waals surface area contributed by atoms with E-state index in [-0.39, 0.29) is 11.6 Å². The Morgan fingerprint density at radius 1 is 0.906 bits per heavy atom. The maximum Gasteiger partial charge on any atom is 0.307 e. The zero-order valence-electron chi connectivity index (χ0n) is 20.5. The van der Waals surface area contributed by atoms with Gasteiger partial charge in [0.05, 0.1) is 4.92 Å². The molecule has 7 heteroatoms. The third-order valence-corrected chi connectivity index (χ3v) is 6.14. The maximum atomic E-state index is 12.4. The molecule has 1 N–H and O–H groups in total. The molecule has 0 fully saturated rings. The predicted molar refractivity (Wildman–Crippen MR) is 131 cm³/mol. The molecule has 0 aliphatic carbocycles. The van der Waals surface area contributed by atoms with E-state index in [1.54, 1.807) is 0 Å². The van der Waals surface area contributed by atoms with E-state index in [0.29, 0.717) is 13.0 Å². The number of hydrogen-bond donors (Lipinski definition) is 1. The number of unbranched alkanes of at least 4 members (excludes halogenated alkanes) is 15. The molecule has 0 aliphatic heterocycles. The van der Waals surface area contributed by atoms with Gasteiger partial charge in [-0.3, -0.25) is 19.6 Å². The summed E-state index contributed by atoms with van der Waals surface area (Å²) in [6.45, 7) is 4.80. The molecule has 0 bridgehead atoms. The highest BCUT2D eigenvalue weighted by molar-refractivity contribution is 5.80. The molecule has 0 aromatic carbocycles. The highest BCUT2D eigenvalue weighted by atomic mass is 16.6. The van der Waals surface area contributed by atoms with Crippen LogP contribution in [0, 0.1) is 10.1 Å². The van der Waals surface area contributed by atoms with Crippen LogP contribution in [-0.4, -0.2) is 27.2 Å². The molecular formula is C25H46N4O3. The van der Waals surface area contributed by atoms with Crippen LogP contribution in [0.2, 0.25) is 0 Å². The van der Waals surface area contributed by atoms with Gasteiger partial charge in [0.15, 0.2) is 0 Å². The molecule has 0 saturated carbocycles. The summed E-state index contributed by atoms with van der Waals surface area (Å²) in [6.07, 6.45) is 24.3. The summed E-state index contributed by atoms with van der Waals surface area (Å²) >= 11 is 0. The minimum absolute atomic E-state index is 0.0888. The first-order chi connectivity index (χ1) is 15.6. The molecule has 1 atom stereocenters. The van der Waals surface area contributed by atoms with Crippen LogP contribution in [0.25, 0.3) is 0 Å². The van der Waals surface area contributed by atoms with Gasteiger partial charge in [-0.2, -0.15) is 5.10 Å². The van der Waals surface area contributed by atoms with Crippen molar-refractivity contribution in [2.45, 2.75) is 129 Å². The van der Waals surface area contributed by atoms with Gasteiger partial charge in [0, 0.05) is 6.54 Å². The van der Waals surface area contributed by atoms with E-state index < -0.39 is 11.0 Å². The van der Waals surface area contributed by atoms with Crippen molar-refractivity contribution in [1.82, 2.24) is 15.1 Å². The molecular weight excluding hydrogens is 404 g/mol. The second-order valence-electron chi connectivity index (χ2n) is 8.95. The molecule has 7 nitrogen and oxygen atoms in total. The molecule has 1 amide bonds. The normalized spacial score (nSPS) is 12.1. The van der Waals surface area contributed by atoms with Crippen LogP contribution >= 0.6 is 0 Å². The minimum atomic E-state index is -0.496. The van der Waals surface area contributed by atoms with Crippen LogP contribution in [-0.2, 0) is 4.79 Å². The minimum Gasteiger partial charge on any atom is -0.354 e. The van der Waals surface area contributed by atoms with Gasteiger partial charge in [-0.15, -0.1) is 0 Å². The van der Waals surface area contributed by atoms with Gasteiger partial charge in [-0.1, -0.05) is 110 Å². The Labute approximate surface area is 194 Å². The summed E-state index contributed by atoms with van der Waals surface area (Å²) < 4.78 is 1.39. The van der Waals surface area contributed by atoms with Crippen molar-refractivity contribution in [3.63, 3.8) is 0 Å². The molecule has 0 spiro atoms. The molecule has 184 valence electrons. The van der Waals surface area contributed by atoms with Gasteiger partial charge < -0.3 is 5.32 Å². The zero-order valence-corrected chi connectivity index (χ0v) is 20.5. The average Bonchev–Trinajstić information content (AvgIpc) is 3.26. The summed E-state index contributed by atoms with van der Waals surface area (Å²) in [7, 11) is 0. The first kappa shape index (κ1) is 28.1. The van der Waals surface area contributed by atoms with Gasteiger partial charge in [-0.25, -0.2) is 0 Å². The molecule has 0 radical (unpaired) electrons. The predicted octanol–water partition coefficient (Wildman–Crippen LogP) is 7.12. The van der Waals surface area contributed by atoms with E-state index in [4.69, 9.17) is 0 Å². The van der Waals surface area contributed by atoms with Crippen molar-refractivity contribution in [3.05, 3.63) is 22.5 Å². The lowest BCUT2D eigenvalue weighted by atomic mass is 10.0. The average molecular weight is 451 g/mol. The van der Waals surface area contributed by atoms with E-state index in [1.807, 2.05) is 6.92 Å². The van der Waals surface area contributed by atoms with Crippen molar-refractivity contribution in [2.24, 2.45) is 0 Å². The van der Waals surface area contributed by atoms with E-state index in [0.717, 1.165) is 12.8 Å². The second-order valence-corrected chi connectivity index (χ2v) is 8.95. The zero-order chi connectivity index (χ0) is 23.4. The summed E-state index contributed by atoms with van der Waals surface area (Å²) in [5.74, 6) is -0.119. The van der Waals surface area contributed by atoms with Crippen LogP contribution in [0.1, 0.15) is 129 Å². The first-order valence-corrected chi connectivity index (χ1v) is 13.1. The highest BCUT2D eigenvalue weighted by Gasteiger charge is 2.21. The largest absolute Gasteiger partial charge is 0.354 e. The number of nitrogens with zero attached hydrogens (tertiary/aromatic N) is 3. The van der Waals surface area contributed by atoms with Crippen molar-refractivity contribution in [1.29, 1.82) is 0 Å². The third-order valence-electron chi connectivity index (χ3n) is 6.14. The van der Waals surface area contributed by atoms with Crippen molar-refractivity contribution >= 4 is 11.6 Å². The Bertz CT molecular complexity index is 618. The maximum absolute atomic E-state index is 12.4. The van der Waals surface area contributed by atoms with Crippen LogP contribution in [0.3, 0.4) is 0 Å². The molecule has 0 aliphatic rings. The van der Waals surface area contributed by atoms with E-state index >= 15 is 0 Å². The highest BCUT2D eigenvalue weighted by Crippen LogP contribution is 2.16. The SMILES string of the molecule is CCCCCCCCCCCCCCCCCCNC(=O)C(CC)n1cc([N+](=O)[O-])cn1. The summed E-state index contributed by atoms with van der Waals surface area (Å²) in [4.78, 5) is 22.7.